The van der Waals surface area contributed by atoms with Gasteiger partial charge in [-0.1, -0.05) is 12.1 Å². The number of carbonyl (C=O) groups excluding carboxylic acids is 2. The van der Waals surface area contributed by atoms with Gasteiger partial charge in [0.2, 0.25) is 11.8 Å². The van der Waals surface area contributed by atoms with Crippen molar-refractivity contribution in [3.63, 3.8) is 0 Å². The maximum Gasteiger partial charge on any atom is 0.235 e. The van der Waals surface area contributed by atoms with E-state index in [4.69, 9.17) is 5.10 Å². The number of rotatable bonds is 4. The number of benzene rings is 1. The van der Waals surface area contributed by atoms with Crippen LogP contribution in [-0.4, -0.2) is 28.6 Å². The Morgan fingerprint density at radius 2 is 2.13 bits per heavy atom. The number of nitrogens with one attached hydrogen (secondary N) is 2. The van der Waals surface area contributed by atoms with Crippen LogP contribution in [-0.2, 0) is 16.1 Å². The molecule has 2 amide bonds. The molecule has 1 aliphatic carbocycles. The quantitative estimate of drug-likeness (QED) is 0.847. The summed E-state index contributed by atoms with van der Waals surface area (Å²) in [5.41, 5.74) is 2.87. The first-order valence-electron chi connectivity index (χ1n) is 8.18. The van der Waals surface area contributed by atoms with Crippen LogP contribution in [0.3, 0.4) is 0 Å². The van der Waals surface area contributed by atoms with Crippen molar-refractivity contribution in [2.45, 2.75) is 38.1 Å². The fourth-order valence-corrected chi connectivity index (χ4v) is 3.35. The van der Waals surface area contributed by atoms with Crippen LogP contribution < -0.4 is 10.6 Å². The second-order valence-electron chi connectivity index (χ2n) is 6.47. The topological polar surface area (TPSA) is 76.0 Å². The smallest absolute Gasteiger partial charge is 0.235 e. The van der Waals surface area contributed by atoms with Gasteiger partial charge in [-0.2, -0.15) is 5.10 Å². The number of amides is 2. The average molecular weight is 312 g/mol. The minimum absolute atomic E-state index is 0.191. The molecule has 2 fully saturated rings. The number of aromatic nitrogens is 2. The van der Waals surface area contributed by atoms with Crippen LogP contribution in [0.5, 0.6) is 0 Å². The molecule has 23 heavy (non-hydrogen) atoms. The standard InChI is InChI=1S/C17H20N4O2/c1-18-13-4-2-3-11-15(12-7-8-14(22)19-17(12)23)20-21(16(11)13)9-10-5-6-10/h2-4,10,12,18H,5-9H2,1H3,(H,19,22,23). The summed E-state index contributed by atoms with van der Waals surface area (Å²) in [5, 5.41) is 11.5. The van der Waals surface area contributed by atoms with E-state index in [2.05, 4.69) is 10.6 Å². The zero-order chi connectivity index (χ0) is 16.0. The van der Waals surface area contributed by atoms with Crippen molar-refractivity contribution < 1.29 is 9.59 Å². The van der Waals surface area contributed by atoms with E-state index >= 15 is 0 Å². The van der Waals surface area contributed by atoms with Gasteiger partial charge < -0.3 is 5.32 Å². The molecule has 1 saturated heterocycles. The van der Waals surface area contributed by atoms with Crippen LogP contribution in [0.15, 0.2) is 18.2 Å². The molecule has 6 nitrogen and oxygen atoms in total. The van der Waals surface area contributed by atoms with E-state index in [1.807, 2.05) is 29.9 Å². The maximum atomic E-state index is 12.3. The highest BCUT2D eigenvalue weighted by Crippen LogP contribution is 2.36. The number of fused-ring (bicyclic) bond motifs is 1. The fourth-order valence-electron chi connectivity index (χ4n) is 3.35. The zero-order valence-electron chi connectivity index (χ0n) is 13.1. The number of para-hydroxylation sites is 1. The predicted molar refractivity (Wildman–Crippen MR) is 87.1 cm³/mol. The van der Waals surface area contributed by atoms with Gasteiger partial charge >= 0.3 is 0 Å². The Morgan fingerprint density at radius 1 is 1.30 bits per heavy atom. The van der Waals surface area contributed by atoms with Gasteiger partial charge in [-0.05, 0) is 31.2 Å². The fraction of sp³-hybridized carbons (Fsp3) is 0.471. The molecule has 0 radical (unpaired) electrons. The SMILES string of the molecule is CNc1cccc2c(C3CCC(=O)NC3=O)nn(CC3CC3)c12. The van der Waals surface area contributed by atoms with E-state index in [1.165, 1.54) is 12.8 Å². The second kappa shape index (κ2) is 5.37. The van der Waals surface area contributed by atoms with Crippen LogP contribution in [0.25, 0.3) is 10.9 Å². The first-order valence-corrected chi connectivity index (χ1v) is 8.18. The molecule has 1 aliphatic heterocycles. The molecular weight excluding hydrogens is 292 g/mol. The Balaban J connectivity index is 1.83. The highest BCUT2D eigenvalue weighted by Gasteiger charge is 2.33. The molecule has 2 aromatic rings. The van der Waals surface area contributed by atoms with Crippen molar-refractivity contribution in [2.24, 2.45) is 5.92 Å². The van der Waals surface area contributed by atoms with Gasteiger partial charge in [-0.25, -0.2) is 0 Å². The highest BCUT2D eigenvalue weighted by atomic mass is 16.2. The molecule has 0 spiro atoms. The molecule has 120 valence electrons. The largest absolute Gasteiger partial charge is 0.386 e. The Kier molecular flexibility index (Phi) is 3.32. The summed E-state index contributed by atoms with van der Waals surface area (Å²) in [6, 6.07) is 6.03. The minimum atomic E-state index is -0.345. The first-order chi connectivity index (χ1) is 11.2. The first kappa shape index (κ1) is 14.2. The normalized spacial score (nSPS) is 21.5. The number of anilines is 1. The van der Waals surface area contributed by atoms with Gasteiger partial charge in [0.15, 0.2) is 0 Å². The van der Waals surface area contributed by atoms with Gasteiger partial charge in [0.25, 0.3) is 0 Å². The summed E-state index contributed by atoms with van der Waals surface area (Å²) in [5.74, 6) is -0.0710. The van der Waals surface area contributed by atoms with Gasteiger partial charge in [0.05, 0.1) is 22.8 Å². The number of hydrogen-bond acceptors (Lipinski definition) is 4. The van der Waals surface area contributed by atoms with E-state index in [0.29, 0.717) is 18.8 Å². The van der Waals surface area contributed by atoms with Gasteiger partial charge in [-0.15, -0.1) is 0 Å². The summed E-state index contributed by atoms with van der Waals surface area (Å²) in [4.78, 5) is 23.7. The molecule has 1 unspecified atom stereocenters. The van der Waals surface area contributed by atoms with Crippen LogP contribution >= 0.6 is 0 Å². The number of hydrogen-bond donors (Lipinski definition) is 2. The highest BCUT2D eigenvalue weighted by molar-refractivity contribution is 6.03. The van der Waals surface area contributed by atoms with Gasteiger partial charge in [-0.3, -0.25) is 19.6 Å². The van der Waals surface area contributed by atoms with Gasteiger partial charge in [0.1, 0.15) is 0 Å². The Labute approximate surface area is 134 Å². The molecule has 1 aromatic heterocycles. The van der Waals surface area contributed by atoms with Crippen molar-refractivity contribution in [1.82, 2.24) is 15.1 Å². The Hall–Kier alpha value is -2.37. The third-order valence-electron chi connectivity index (χ3n) is 4.77. The summed E-state index contributed by atoms with van der Waals surface area (Å²) in [7, 11) is 1.90. The second-order valence-corrected chi connectivity index (χ2v) is 6.47. The molecule has 1 saturated carbocycles. The van der Waals surface area contributed by atoms with Gasteiger partial charge in [0, 0.05) is 25.4 Å². The molecule has 2 aliphatic rings. The van der Waals surface area contributed by atoms with Crippen LogP contribution in [0.4, 0.5) is 5.69 Å². The lowest BCUT2D eigenvalue weighted by Gasteiger charge is -2.19. The molecule has 4 rings (SSSR count). The van der Waals surface area contributed by atoms with Crippen LogP contribution in [0.2, 0.25) is 0 Å². The minimum Gasteiger partial charge on any atom is -0.386 e. The van der Waals surface area contributed by atoms with Crippen LogP contribution in [0.1, 0.15) is 37.3 Å². The Morgan fingerprint density at radius 3 is 2.83 bits per heavy atom. The maximum absolute atomic E-state index is 12.3. The molecule has 6 heteroatoms. The van der Waals surface area contributed by atoms with E-state index in [1.54, 1.807) is 0 Å². The lowest BCUT2D eigenvalue weighted by molar-refractivity contribution is -0.134. The summed E-state index contributed by atoms with van der Waals surface area (Å²) >= 11 is 0. The third kappa shape index (κ3) is 2.48. The molecule has 2 heterocycles. The van der Waals surface area contributed by atoms with Crippen molar-refractivity contribution in [1.29, 1.82) is 0 Å². The molecule has 0 bridgehead atoms. The molecule has 1 atom stereocenters. The number of nitrogens with zero attached hydrogens (tertiary/aromatic N) is 2. The Bertz CT molecular complexity index is 791. The van der Waals surface area contributed by atoms with Crippen molar-refractivity contribution in [3.8, 4) is 0 Å². The predicted octanol–water partition coefficient (Wildman–Crippen LogP) is 2.01. The number of carbonyl (C=O) groups is 2. The molecule has 2 N–H and O–H groups in total. The summed E-state index contributed by atoms with van der Waals surface area (Å²) in [6.45, 7) is 0.891. The summed E-state index contributed by atoms with van der Waals surface area (Å²) in [6.07, 6.45) is 3.40. The molecular formula is C17H20N4O2. The number of imide groups is 1. The monoisotopic (exact) mass is 312 g/mol. The lowest BCUT2D eigenvalue weighted by Crippen LogP contribution is -2.39. The van der Waals surface area contributed by atoms with E-state index in [-0.39, 0.29) is 17.7 Å². The zero-order valence-corrected chi connectivity index (χ0v) is 13.1. The number of piperidine rings is 1. The average Bonchev–Trinajstić information content (AvgIpc) is 3.28. The lowest BCUT2D eigenvalue weighted by atomic mass is 9.93. The van der Waals surface area contributed by atoms with Crippen molar-refractivity contribution in [3.05, 3.63) is 23.9 Å². The van der Waals surface area contributed by atoms with E-state index in [0.717, 1.165) is 28.8 Å². The van der Waals surface area contributed by atoms with Crippen molar-refractivity contribution in [2.75, 3.05) is 12.4 Å². The van der Waals surface area contributed by atoms with Crippen molar-refractivity contribution >= 4 is 28.4 Å². The molecule has 1 aromatic carbocycles. The van der Waals surface area contributed by atoms with Crippen LogP contribution in [0, 0.1) is 5.92 Å². The van der Waals surface area contributed by atoms with E-state index in [9.17, 15) is 9.59 Å². The third-order valence-corrected chi connectivity index (χ3v) is 4.77. The van der Waals surface area contributed by atoms with E-state index < -0.39 is 0 Å². The summed E-state index contributed by atoms with van der Waals surface area (Å²) < 4.78 is 2.04.